The number of carbonyl (C=O) groups is 3. The van der Waals surface area contributed by atoms with Crippen LogP contribution in [0.4, 0.5) is 5.69 Å². The van der Waals surface area contributed by atoms with Crippen molar-refractivity contribution >= 4 is 39.4 Å². The number of fused-ring (bicyclic) bond motifs is 1. The molecule has 2 N–H and O–H groups in total. The zero-order valence-corrected chi connectivity index (χ0v) is 21.0. The number of unbranched alkanes of at least 4 members (excludes halogenated alkanes) is 1. The van der Waals surface area contributed by atoms with E-state index in [1.54, 1.807) is 11.0 Å². The highest BCUT2D eigenvalue weighted by Crippen LogP contribution is 2.60. The molecule has 3 heterocycles. The van der Waals surface area contributed by atoms with Crippen LogP contribution in [0.3, 0.4) is 0 Å². The lowest BCUT2D eigenvalue weighted by Crippen LogP contribution is -2.57. The van der Waals surface area contributed by atoms with Crippen LogP contribution in [-0.2, 0) is 19.1 Å². The van der Waals surface area contributed by atoms with Gasteiger partial charge in [0.15, 0.2) is 0 Å². The molecule has 3 aliphatic heterocycles. The van der Waals surface area contributed by atoms with Gasteiger partial charge in [-0.25, -0.2) is 0 Å². The summed E-state index contributed by atoms with van der Waals surface area (Å²) in [6.07, 6.45) is 2.32. The van der Waals surface area contributed by atoms with Crippen LogP contribution in [0.25, 0.3) is 0 Å². The van der Waals surface area contributed by atoms with E-state index in [-0.39, 0.29) is 36.3 Å². The zero-order chi connectivity index (χ0) is 24.8. The lowest BCUT2D eigenvalue weighted by atomic mass is 9.70. The molecular weight excluding hydrogens is 504 g/mol. The topological polar surface area (TPSA) is 107 Å². The second-order valence-electron chi connectivity index (χ2n) is 9.44. The number of ether oxygens (including phenoxy) is 1. The van der Waals surface area contributed by atoms with Gasteiger partial charge >= 0.3 is 5.97 Å². The van der Waals surface area contributed by atoms with Crippen LogP contribution in [0.2, 0.25) is 0 Å². The summed E-state index contributed by atoms with van der Waals surface area (Å²) in [6, 6.07) is 4.82. The van der Waals surface area contributed by atoms with Gasteiger partial charge in [-0.15, -0.1) is 6.58 Å². The number of anilines is 1. The first-order chi connectivity index (χ1) is 16.2. The number of alkyl halides is 1. The second-order valence-corrected chi connectivity index (χ2v) is 10.6. The van der Waals surface area contributed by atoms with Gasteiger partial charge in [0.1, 0.15) is 11.6 Å². The van der Waals surface area contributed by atoms with Crippen molar-refractivity contribution in [2.75, 3.05) is 24.6 Å². The molecular formula is C25H31BrN2O6. The number of carbonyl (C=O) groups excluding carboxylic acids is 2. The largest absolute Gasteiger partial charge is 0.481 e. The Bertz CT molecular complexity index is 995. The maximum atomic E-state index is 14.3. The average Bonchev–Trinajstić information content (AvgIpc) is 3.36. The molecule has 1 aromatic carbocycles. The molecule has 1 aromatic rings. The minimum Gasteiger partial charge on any atom is -0.481 e. The number of carboxylic acids is 1. The number of rotatable bonds is 9. The number of aryl methyl sites for hydroxylation is 2. The predicted octanol–water partition coefficient (Wildman–Crippen LogP) is 2.43. The Kier molecular flexibility index (Phi) is 6.90. The van der Waals surface area contributed by atoms with Gasteiger partial charge < -0.3 is 24.7 Å². The molecule has 184 valence electrons. The number of para-hydroxylation sites is 1. The Labute approximate surface area is 207 Å². The Morgan fingerprint density at radius 1 is 1.32 bits per heavy atom. The third kappa shape index (κ3) is 3.69. The fourth-order valence-corrected chi connectivity index (χ4v) is 7.07. The van der Waals surface area contributed by atoms with E-state index >= 15 is 0 Å². The Morgan fingerprint density at radius 3 is 2.59 bits per heavy atom. The van der Waals surface area contributed by atoms with Crippen LogP contribution in [0, 0.1) is 25.7 Å². The first kappa shape index (κ1) is 24.9. The van der Waals surface area contributed by atoms with Crippen molar-refractivity contribution in [1.29, 1.82) is 0 Å². The molecule has 0 radical (unpaired) electrons. The van der Waals surface area contributed by atoms with Crippen molar-refractivity contribution in [3.63, 3.8) is 0 Å². The van der Waals surface area contributed by atoms with Crippen molar-refractivity contribution in [3.05, 3.63) is 42.0 Å². The number of halogens is 1. The number of likely N-dealkylation sites (tertiary alicyclic amines) is 1. The van der Waals surface area contributed by atoms with E-state index < -0.39 is 35.6 Å². The fraction of sp³-hybridized carbons (Fsp3) is 0.560. The number of hydrogen-bond acceptors (Lipinski definition) is 5. The molecule has 2 amide bonds. The van der Waals surface area contributed by atoms with Gasteiger partial charge in [0.2, 0.25) is 5.91 Å². The van der Waals surface area contributed by atoms with Crippen LogP contribution >= 0.6 is 15.9 Å². The third-order valence-corrected chi connectivity index (χ3v) is 8.25. The summed E-state index contributed by atoms with van der Waals surface area (Å²) in [5.41, 5.74) is 1.37. The molecule has 0 aliphatic carbocycles. The maximum absolute atomic E-state index is 14.3. The highest BCUT2D eigenvalue weighted by molar-refractivity contribution is 9.09. The summed E-state index contributed by atoms with van der Waals surface area (Å²) >= 11 is 3.56. The predicted molar refractivity (Wildman–Crippen MR) is 130 cm³/mol. The Hall–Kier alpha value is -2.23. The molecule has 1 spiro atoms. The number of aliphatic hydroxyl groups is 1. The van der Waals surface area contributed by atoms with Crippen LogP contribution in [0.1, 0.15) is 30.4 Å². The van der Waals surface area contributed by atoms with Gasteiger partial charge in [-0.05, 0) is 44.2 Å². The monoisotopic (exact) mass is 534 g/mol. The van der Waals surface area contributed by atoms with Crippen molar-refractivity contribution in [2.45, 2.75) is 55.7 Å². The molecule has 0 saturated carbocycles. The molecule has 4 rings (SSSR count). The smallest absolute Gasteiger partial charge is 0.310 e. The molecule has 9 heteroatoms. The summed E-state index contributed by atoms with van der Waals surface area (Å²) in [5, 5.41) is 19.2. The summed E-state index contributed by atoms with van der Waals surface area (Å²) in [7, 11) is 0. The third-order valence-electron chi connectivity index (χ3n) is 7.40. The molecule has 34 heavy (non-hydrogen) atoms. The molecule has 3 unspecified atom stereocenters. The second kappa shape index (κ2) is 9.43. The first-order valence-corrected chi connectivity index (χ1v) is 12.6. The van der Waals surface area contributed by atoms with Crippen LogP contribution < -0.4 is 4.90 Å². The van der Waals surface area contributed by atoms with Gasteiger partial charge in [0.25, 0.3) is 5.91 Å². The average molecular weight is 535 g/mol. The van der Waals surface area contributed by atoms with Gasteiger partial charge in [0, 0.05) is 30.2 Å². The zero-order valence-electron chi connectivity index (χ0n) is 19.4. The van der Waals surface area contributed by atoms with E-state index in [1.165, 1.54) is 4.90 Å². The number of nitrogens with zero attached hydrogens (tertiary/aromatic N) is 2. The van der Waals surface area contributed by atoms with E-state index in [4.69, 9.17) is 4.74 Å². The quantitative estimate of drug-likeness (QED) is 0.286. The van der Waals surface area contributed by atoms with Crippen molar-refractivity contribution in [2.24, 2.45) is 11.8 Å². The molecule has 3 aliphatic rings. The number of aliphatic carboxylic acids is 1. The first-order valence-electron chi connectivity index (χ1n) is 11.6. The summed E-state index contributed by atoms with van der Waals surface area (Å²) in [5.74, 6) is -3.68. The minimum atomic E-state index is -1.22. The minimum absolute atomic E-state index is 0.0278. The highest BCUT2D eigenvalue weighted by atomic mass is 79.9. The Morgan fingerprint density at radius 2 is 2.00 bits per heavy atom. The van der Waals surface area contributed by atoms with Gasteiger partial charge in [-0.2, -0.15) is 0 Å². The normalized spacial score (nSPS) is 31.6. The lowest BCUT2D eigenvalue weighted by Gasteiger charge is -2.37. The van der Waals surface area contributed by atoms with Crippen LogP contribution in [0.15, 0.2) is 30.9 Å². The Balaban J connectivity index is 1.82. The van der Waals surface area contributed by atoms with Crippen molar-refractivity contribution in [3.8, 4) is 0 Å². The summed E-state index contributed by atoms with van der Waals surface area (Å²) in [4.78, 5) is 43.1. The SMILES string of the molecule is C=CCN(C(=O)C1N(CCCCO)C(=O)[C@@H]2[C@H](C(=O)O)[C@H]3OC12CC3Br)c1c(C)cccc1C. The van der Waals surface area contributed by atoms with Crippen LogP contribution in [0.5, 0.6) is 0 Å². The highest BCUT2D eigenvalue weighted by Gasteiger charge is 2.76. The standard InChI is InChI=1S/C25H31BrN2O6/c1-4-10-27(19-14(2)8-7-9-15(19)3)23(31)21-25-13-16(26)20(34-25)17(24(32)33)18(25)22(30)28(21)11-5-6-12-29/h4,7-9,16-18,20-21,29H,1,5-6,10-13H2,2-3H3,(H,32,33)/t16?,17-,18-,20-,21?,25?/m0/s1. The van der Waals surface area contributed by atoms with Crippen LogP contribution in [-0.4, -0.2) is 75.2 Å². The van der Waals surface area contributed by atoms with Gasteiger partial charge in [-0.1, -0.05) is 40.2 Å². The lowest BCUT2D eigenvalue weighted by molar-refractivity contribution is -0.149. The fourth-order valence-electron chi connectivity index (χ4n) is 6.13. The number of benzene rings is 1. The van der Waals surface area contributed by atoms with Crippen molar-refractivity contribution < 1.29 is 29.3 Å². The molecule has 6 atom stereocenters. The number of hydrogen-bond donors (Lipinski definition) is 2. The number of amides is 2. The number of carboxylic acid groups (broad SMARTS) is 1. The number of aliphatic hydroxyl groups excluding tert-OH is 1. The van der Waals surface area contributed by atoms with E-state index in [1.807, 2.05) is 32.0 Å². The van der Waals surface area contributed by atoms with E-state index in [0.29, 0.717) is 19.3 Å². The molecule has 3 fully saturated rings. The molecule has 0 aromatic heterocycles. The molecule has 2 bridgehead atoms. The molecule has 8 nitrogen and oxygen atoms in total. The van der Waals surface area contributed by atoms with E-state index in [2.05, 4.69) is 22.5 Å². The van der Waals surface area contributed by atoms with Gasteiger partial charge in [0.05, 0.1) is 17.9 Å². The molecule has 3 saturated heterocycles. The van der Waals surface area contributed by atoms with E-state index in [0.717, 1.165) is 16.8 Å². The van der Waals surface area contributed by atoms with Crippen molar-refractivity contribution in [1.82, 2.24) is 4.90 Å². The maximum Gasteiger partial charge on any atom is 0.310 e. The summed E-state index contributed by atoms with van der Waals surface area (Å²) < 4.78 is 6.32. The van der Waals surface area contributed by atoms with Gasteiger partial charge in [-0.3, -0.25) is 14.4 Å². The van der Waals surface area contributed by atoms with E-state index in [9.17, 15) is 24.6 Å². The summed E-state index contributed by atoms with van der Waals surface area (Å²) in [6.45, 7) is 8.15.